The van der Waals surface area contributed by atoms with Gasteiger partial charge in [0.05, 0.1) is 19.1 Å². The summed E-state index contributed by atoms with van der Waals surface area (Å²) in [6.45, 7) is 0.686. The van der Waals surface area contributed by atoms with Crippen LogP contribution in [-0.4, -0.2) is 36.7 Å². The number of carbonyl (C=O) groups is 2. The molecule has 1 aliphatic heterocycles. The highest BCUT2D eigenvalue weighted by molar-refractivity contribution is 7.10. The Balaban J connectivity index is 1.42. The van der Waals surface area contributed by atoms with Gasteiger partial charge < -0.3 is 29.6 Å². The molecule has 0 aliphatic carbocycles. The molecule has 3 heterocycles. The van der Waals surface area contributed by atoms with Crippen LogP contribution in [0.4, 0.5) is 5.69 Å². The van der Waals surface area contributed by atoms with Crippen LogP contribution in [0.25, 0.3) is 0 Å². The number of furan rings is 1. The maximum atomic E-state index is 12.3. The van der Waals surface area contributed by atoms with Gasteiger partial charge in [-0.1, -0.05) is 6.07 Å². The van der Waals surface area contributed by atoms with E-state index in [0.29, 0.717) is 40.8 Å². The van der Waals surface area contributed by atoms with Gasteiger partial charge in [0.25, 0.3) is 0 Å². The molecule has 3 aromatic rings. The van der Waals surface area contributed by atoms with E-state index in [-0.39, 0.29) is 6.54 Å². The largest absolute Gasteiger partial charge is 0.486 e. The van der Waals surface area contributed by atoms with Crippen molar-refractivity contribution in [2.75, 3.05) is 25.1 Å². The Hall–Kier alpha value is -3.30. The predicted octanol–water partition coefficient (Wildman–Crippen LogP) is 2.10. The van der Waals surface area contributed by atoms with E-state index in [1.165, 1.54) is 23.9 Å². The first-order valence-electron chi connectivity index (χ1n) is 8.84. The Morgan fingerprint density at radius 3 is 2.66 bits per heavy atom. The highest BCUT2D eigenvalue weighted by Crippen LogP contribution is 2.33. The molecule has 0 unspecified atom stereocenters. The normalized spacial score (nSPS) is 14.7. The van der Waals surface area contributed by atoms with Crippen LogP contribution in [0.1, 0.15) is 10.4 Å². The van der Waals surface area contributed by atoms with Gasteiger partial charge in [-0.15, -0.1) is 11.3 Å². The number of ether oxygens (including phenoxy) is 2. The Morgan fingerprint density at radius 2 is 1.93 bits per heavy atom. The van der Waals surface area contributed by atoms with Crippen molar-refractivity contribution >= 4 is 28.8 Å². The molecule has 2 amide bonds. The van der Waals surface area contributed by atoms with Gasteiger partial charge in [0.2, 0.25) is 0 Å². The fourth-order valence-corrected chi connectivity index (χ4v) is 3.79. The average Bonchev–Trinajstić information content (AvgIpc) is 3.46. The summed E-state index contributed by atoms with van der Waals surface area (Å²) < 4.78 is 16.0. The summed E-state index contributed by atoms with van der Waals surface area (Å²) >= 11 is 1.33. The third kappa shape index (κ3) is 3.96. The number of hydrogen-bond donors (Lipinski definition) is 3. The van der Waals surface area contributed by atoms with Crippen molar-refractivity contribution in [3.63, 3.8) is 0 Å². The number of hydrogen-bond acceptors (Lipinski definition) is 7. The summed E-state index contributed by atoms with van der Waals surface area (Å²) in [5.74, 6) is -0.651. The van der Waals surface area contributed by atoms with Crippen LogP contribution in [0.3, 0.4) is 0 Å². The van der Waals surface area contributed by atoms with Crippen LogP contribution in [0.5, 0.6) is 11.5 Å². The lowest BCUT2D eigenvalue weighted by molar-refractivity contribution is -0.136. The number of amides is 2. The molecular weight excluding hydrogens is 396 g/mol. The predicted molar refractivity (Wildman–Crippen MR) is 105 cm³/mol. The van der Waals surface area contributed by atoms with Gasteiger partial charge in [0, 0.05) is 22.2 Å². The topological polar surface area (TPSA) is 110 Å². The van der Waals surface area contributed by atoms with E-state index < -0.39 is 17.4 Å². The minimum Gasteiger partial charge on any atom is -0.486 e. The summed E-state index contributed by atoms with van der Waals surface area (Å²) in [7, 11) is 0. The molecule has 2 aromatic heterocycles. The Bertz CT molecular complexity index is 966. The maximum absolute atomic E-state index is 12.3. The first kappa shape index (κ1) is 19.0. The number of anilines is 1. The minimum absolute atomic E-state index is 0.194. The van der Waals surface area contributed by atoms with E-state index in [1.54, 1.807) is 36.4 Å². The molecule has 29 heavy (non-hydrogen) atoms. The molecule has 0 spiro atoms. The van der Waals surface area contributed by atoms with Crippen molar-refractivity contribution in [1.82, 2.24) is 5.32 Å². The van der Waals surface area contributed by atoms with Crippen molar-refractivity contribution in [2.45, 2.75) is 5.60 Å². The quantitative estimate of drug-likeness (QED) is 0.552. The molecule has 0 saturated carbocycles. The molecule has 0 fully saturated rings. The number of fused-ring (bicyclic) bond motifs is 1. The fourth-order valence-electron chi connectivity index (χ4n) is 2.94. The molecule has 8 nitrogen and oxygen atoms in total. The molecule has 4 rings (SSSR count). The number of thiophene rings is 1. The SMILES string of the molecule is O=C(NC[C@](O)(c1ccoc1)c1cccs1)C(=O)Nc1ccc2c(c1)OCCO2. The second-order valence-corrected chi connectivity index (χ2v) is 7.29. The second kappa shape index (κ2) is 7.98. The Kier molecular flexibility index (Phi) is 5.24. The van der Waals surface area contributed by atoms with Crippen LogP contribution in [0.2, 0.25) is 0 Å². The highest BCUT2D eigenvalue weighted by atomic mass is 32.1. The number of nitrogens with one attached hydrogen (secondary N) is 2. The van der Waals surface area contributed by atoms with Gasteiger partial charge in [-0.3, -0.25) is 9.59 Å². The average molecular weight is 414 g/mol. The summed E-state index contributed by atoms with van der Waals surface area (Å²) in [5, 5.41) is 18.0. The lowest BCUT2D eigenvalue weighted by Gasteiger charge is -2.26. The first-order chi connectivity index (χ1) is 14.1. The summed E-state index contributed by atoms with van der Waals surface area (Å²) in [6, 6.07) is 10.0. The number of benzene rings is 1. The molecule has 1 aliphatic rings. The fraction of sp³-hybridized carbons (Fsp3) is 0.200. The lowest BCUT2D eigenvalue weighted by atomic mass is 9.94. The number of aliphatic hydroxyl groups is 1. The molecule has 0 bridgehead atoms. The molecule has 9 heteroatoms. The number of rotatable bonds is 5. The Labute approximate surface area is 170 Å². The number of carbonyl (C=O) groups excluding carboxylic acids is 2. The maximum Gasteiger partial charge on any atom is 0.313 e. The van der Waals surface area contributed by atoms with E-state index >= 15 is 0 Å². The van der Waals surface area contributed by atoms with Crippen molar-refractivity contribution in [2.24, 2.45) is 0 Å². The van der Waals surface area contributed by atoms with Crippen molar-refractivity contribution < 1.29 is 28.6 Å². The smallest absolute Gasteiger partial charge is 0.313 e. The summed E-state index contributed by atoms with van der Waals surface area (Å²) in [4.78, 5) is 25.2. The van der Waals surface area contributed by atoms with Crippen molar-refractivity contribution in [3.8, 4) is 11.5 Å². The summed E-state index contributed by atoms with van der Waals surface area (Å²) in [6.07, 6.45) is 2.84. The van der Waals surface area contributed by atoms with Crippen molar-refractivity contribution in [3.05, 3.63) is 64.7 Å². The van der Waals surface area contributed by atoms with E-state index in [1.807, 2.05) is 5.38 Å². The lowest BCUT2D eigenvalue weighted by Crippen LogP contribution is -2.44. The van der Waals surface area contributed by atoms with Gasteiger partial charge in [-0.05, 0) is 29.6 Å². The van der Waals surface area contributed by atoms with Crippen LogP contribution in [0.15, 0.2) is 58.7 Å². The highest BCUT2D eigenvalue weighted by Gasteiger charge is 2.35. The van der Waals surface area contributed by atoms with Gasteiger partial charge in [0.15, 0.2) is 11.5 Å². The zero-order valence-electron chi connectivity index (χ0n) is 15.2. The van der Waals surface area contributed by atoms with E-state index in [2.05, 4.69) is 10.6 Å². The summed E-state index contributed by atoms with van der Waals surface area (Å²) in [5.41, 5.74) is -0.626. The molecule has 1 atom stereocenters. The van der Waals surface area contributed by atoms with Gasteiger partial charge in [-0.2, -0.15) is 0 Å². The standard InChI is InChI=1S/C20H18N2O6S/c23-18(19(24)22-14-3-4-15-16(10-14)28-8-7-27-15)21-12-20(25,13-5-6-26-11-13)17-2-1-9-29-17/h1-6,9-11,25H,7-8,12H2,(H,21,23)(H,22,24)/t20-/m0/s1. The van der Waals surface area contributed by atoms with E-state index in [4.69, 9.17) is 13.9 Å². The molecule has 0 radical (unpaired) electrons. The monoisotopic (exact) mass is 414 g/mol. The van der Waals surface area contributed by atoms with E-state index in [9.17, 15) is 14.7 Å². The molecular formula is C20H18N2O6S. The third-order valence-electron chi connectivity index (χ3n) is 4.44. The third-order valence-corrected chi connectivity index (χ3v) is 5.46. The molecule has 0 saturated heterocycles. The Morgan fingerprint density at radius 1 is 1.10 bits per heavy atom. The molecule has 150 valence electrons. The first-order valence-corrected chi connectivity index (χ1v) is 9.72. The van der Waals surface area contributed by atoms with Gasteiger partial charge in [0.1, 0.15) is 18.8 Å². The zero-order chi connectivity index (χ0) is 20.3. The zero-order valence-corrected chi connectivity index (χ0v) is 16.0. The van der Waals surface area contributed by atoms with Crippen LogP contribution >= 0.6 is 11.3 Å². The van der Waals surface area contributed by atoms with Crippen molar-refractivity contribution in [1.29, 1.82) is 0 Å². The minimum atomic E-state index is -1.51. The van der Waals surface area contributed by atoms with Gasteiger partial charge in [-0.25, -0.2) is 0 Å². The molecule has 1 aromatic carbocycles. The van der Waals surface area contributed by atoms with Crippen LogP contribution in [-0.2, 0) is 15.2 Å². The second-order valence-electron chi connectivity index (χ2n) is 6.34. The van der Waals surface area contributed by atoms with E-state index in [0.717, 1.165) is 0 Å². The van der Waals surface area contributed by atoms with Crippen LogP contribution < -0.4 is 20.1 Å². The van der Waals surface area contributed by atoms with Crippen LogP contribution in [0, 0.1) is 0 Å². The van der Waals surface area contributed by atoms with Gasteiger partial charge >= 0.3 is 11.8 Å². The molecule has 3 N–H and O–H groups in total.